The third kappa shape index (κ3) is 5.72. The molecule has 1 heterocycles. The van der Waals surface area contributed by atoms with Crippen LogP contribution in [0.15, 0.2) is 72.8 Å². The number of imidazole rings is 1. The number of anilines is 2. The smallest absolute Gasteiger partial charge is 0.323 e. The second-order valence-corrected chi connectivity index (χ2v) is 7.63. The second kappa shape index (κ2) is 9.78. The number of nitrogens with zero attached hydrogens (tertiary/aromatic N) is 1. The van der Waals surface area contributed by atoms with Gasteiger partial charge in [0.05, 0.1) is 11.0 Å². The summed E-state index contributed by atoms with van der Waals surface area (Å²) in [7, 11) is 0. The van der Waals surface area contributed by atoms with Crippen molar-refractivity contribution in [2.45, 2.75) is 26.3 Å². The van der Waals surface area contributed by atoms with E-state index < -0.39 is 0 Å². The first-order valence-corrected chi connectivity index (χ1v) is 10.5. The molecule has 4 N–H and O–H groups in total. The number of rotatable bonds is 7. The highest BCUT2D eigenvalue weighted by Crippen LogP contribution is 2.14. The topological polar surface area (TPSA) is 98.9 Å². The van der Waals surface area contributed by atoms with E-state index in [1.165, 1.54) is 0 Å². The van der Waals surface area contributed by atoms with E-state index in [4.69, 9.17) is 0 Å². The van der Waals surface area contributed by atoms with Crippen molar-refractivity contribution in [3.8, 4) is 0 Å². The summed E-state index contributed by atoms with van der Waals surface area (Å²) >= 11 is 0. The zero-order valence-corrected chi connectivity index (χ0v) is 17.8. The van der Waals surface area contributed by atoms with Crippen molar-refractivity contribution in [2.24, 2.45) is 0 Å². The number of aromatic amines is 1. The van der Waals surface area contributed by atoms with E-state index in [1.807, 2.05) is 79.7 Å². The Labute approximate surface area is 186 Å². The number of fused-ring (bicyclic) bond motifs is 1. The lowest BCUT2D eigenvalue weighted by molar-refractivity contribution is -0.121. The van der Waals surface area contributed by atoms with Gasteiger partial charge >= 0.3 is 6.03 Å². The number of aryl methyl sites for hydroxylation is 2. The third-order valence-electron chi connectivity index (χ3n) is 4.98. The van der Waals surface area contributed by atoms with Crippen LogP contribution in [-0.4, -0.2) is 21.9 Å². The molecule has 0 aliphatic carbocycles. The summed E-state index contributed by atoms with van der Waals surface area (Å²) in [5.74, 6) is 0.744. The molecule has 1 aromatic heterocycles. The minimum absolute atomic E-state index is 0.0546. The van der Waals surface area contributed by atoms with Gasteiger partial charge in [0.25, 0.3) is 0 Å². The predicted molar refractivity (Wildman–Crippen MR) is 127 cm³/mol. The van der Waals surface area contributed by atoms with Crippen LogP contribution in [0.3, 0.4) is 0 Å². The summed E-state index contributed by atoms with van der Waals surface area (Å²) in [6.07, 6.45) is 0.887. The maximum absolute atomic E-state index is 12.3. The number of carbonyl (C=O) groups excluding carboxylic acids is 2. The number of H-pyrrole nitrogens is 1. The Kier molecular flexibility index (Phi) is 6.46. The fourth-order valence-corrected chi connectivity index (χ4v) is 3.42. The summed E-state index contributed by atoms with van der Waals surface area (Å²) in [6, 6.07) is 22.5. The number of hydrogen-bond acceptors (Lipinski definition) is 3. The van der Waals surface area contributed by atoms with Gasteiger partial charge in [-0.2, -0.15) is 0 Å². The third-order valence-corrected chi connectivity index (χ3v) is 4.98. The van der Waals surface area contributed by atoms with Gasteiger partial charge in [-0.05, 0) is 54.4 Å². The van der Waals surface area contributed by atoms with Crippen LogP contribution < -0.4 is 16.0 Å². The van der Waals surface area contributed by atoms with Gasteiger partial charge in [-0.15, -0.1) is 0 Å². The largest absolute Gasteiger partial charge is 0.352 e. The Morgan fingerprint density at radius 1 is 0.906 bits per heavy atom. The number of carbonyl (C=O) groups is 2. The van der Waals surface area contributed by atoms with E-state index in [2.05, 4.69) is 25.9 Å². The molecule has 0 atom stereocenters. The van der Waals surface area contributed by atoms with E-state index in [9.17, 15) is 9.59 Å². The van der Waals surface area contributed by atoms with Crippen LogP contribution in [0.1, 0.15) is 23.4 Å². The molecule has 0 saturated heterocycles. The lowest BCUT2D eigenvalue weighted by Gasteiger charge is -2.10. The Morgan fingerprint density at radius 3 is 2.44 bits per heavy atom. The molecule has 0 saturated carbocycles. The van der Waals surface area contributed by atoms with Crippen molar-refractivity contribution >= 4 is 34.3 Å². The highest BCUT2D eigenvalue weighted by Gasteiger charge is 2.07. The van der Waals surface area contributed by atoms with Gasteiger partial charge in [-0.3, -0.25) is 4.79 Å². The van der Waals surface area contributed by atoms with Crippen molar-refractivity contribution in [1.82, 2.24) is 15.3 Å². The number of amides is 3. The lowest BCUT2D eigenvalue weighted by Crippen LogP contribution is -2.23. The van der Waals surface area contributed by atoms with Crippen molar-refractivity contribution in [2.75, 3.05) is 10.6 Å². The van der Waals surface area contributed by atoms with Crippen LogP contribution in [0.2, 0.25) is 0 Å². The average Bonchev–Trinajstić information content (AvgIpc) is 3.19. The zero-order chi connectivity index (χ0) is 22.3. The Balaban J connectivity index is 1.25. The summed E-state index contributed by atoms with van der Waals surface area (Å²) in [5.41, 5.74) is 5.23. The van der Waals surface area contributed by atoms with E-state index in [-0.39, 0.29) is 11.9 Å². The fourth-order valence-electron chi connectivity index (χ4n) is 3.42. The van der Waals surface area contributed by atoms with Gasteiger partial charge in [0.15, 0.2) is 0 Å². The number of aromatic nitrogens is 2. The van der Waals surface area contributed by atoms with Crippen LogP contribution in [0, 0.1) is 6.92 Å². The molecule has 3 amide bonds. The summed E-state index contributed by atoms with van der Waals surface area (Å²) < 4.78 is 0. The normalized spacial score (nSPS) is 10.7. The minimum atomic E-state index is -0.317. The molecule has 7 nitrogen and oxygen atoms in total. The molecule has 0 bridgehead atoms. The average molecular weight is 428 g/mol. The maximum atomic E-state index is 12.3. The van der Waals surface area contributed by atoms with Crippen LogP contribution in [0.25, 0.3) is 11.0 Å². The molecule has 4 aromatic rings. The molecule has 0 aliphatic rings. The van der Waals surface area contributed by atoms with E-state index >= 15 is 0 Å². The van der Waals surface area contributed by atoms with Gasteiger partial charge in [0.1, 0.15) is 5.82 Å². The molecule has 162 valence electrons. The van der Waals surface area contributed by atoms with Crippen molar-refractivity contribution in [3.05, 3.63) is 89.7 Å². The molecular weight excluding hydrogens is 402 g/mol. The molecule has 3 aromatic carbocycles. The molecule has 7 heteroatoms. The van der Waals surface area contributed by atoms with Gasteiger partial charge in [0, 0.05) is 30.8 Å². The van der Waals surface area contributed by atoms with Gasteiger partial charge < -0.3 is 20.9 Å². The number of para-hydroxylation sites is 2. The molecule has 0 fully saturated rings. The molecule has 0 radical (unpaired) electrons. The molecule has 4 rings (SSSR count). The first-order chi connectivity index (χ1) is 15.5. The zero-order valence-electron chi connectivity index (χ0n) is 17.8. The minimum Gasteiger partial charge on any atom is -0.352 e. The summed E-state index contributed by atoms with van der Waals surface area (Å²) in [5, 5.41) is 8.56. The van der Waals surface area contributed by atoms with Crippen LogP contribution >= 0.6 is 0 Å². The van der Waals surface area contributed by atoms with Crippen LogP contribution in [0.5, 0.6) is 0 Å². The summed E-state index contributed by atoms with van der Waals surface area (Å²) in [6.45, 7) is 2.35. The predicted octanol–water partition coefficient (Wildman–Crippen LogP) is 4.76. The van der Waals surface area contributed by atoms with Gasteiger partial charge in [-0.25, -0.2) is 9.78 Å². The van der Waals surface area contributed by atoms with E-state index in [0.29, 0.717) is 25.1 Å². The SMILES string of the molecule is Cc1cccc(NC(=O)Nc2cccc(CNC(=O)CCc3nc4ccccc4[nH]3)c2)c1. The maximum Gasteiger partial charge on any atom is 0.323 e. The monoisotopic (exact) mass is 427 g/mol. The first-order valence-electron chi connectivity index (χ1n) is 10.5. The quantitative estimate of drug-likeness (QED) is 0.342. The van der Waals surface area contributed by atoms with Gasteiger partial charge in [0.2, 0.25) is 5.91 Å². The second-order valence-electron chi connectivity index (χ2n) is 7.63. The highest BCUT2D eigenvalue weighted by atomic mass is 16.2. The number of hydrogen-bond donors (Lipinski definition) is 4. The Hall–Kier alpha value is -4.13. The molecule has 0 unspecified atom stereocenters. The van der Waals surface area contributed by atoms with Crippen molar-refractivity contribution < 1.29 is 9.59 Å². The van der Waals surface area contributed by atoms with Gasteiger partial charge in [-0.1, -0.05) is 36.4 Å². The standard InChI is InChI=1S/C25H25N5O2/c1-17-6-4-8-19(14-17)27-25(32)28-20-9-5-7-18(15-20)16-26-24(31)13-12-23-29-21-10-2-3-11-22(21)30-23/h2-11,14-15H,12-13,16H2,1H3,(H,26,31)(H,29,30)(H2,27,28,32). The van der Waals surface area contributed by atoms with E-state index in [0.717, 1.165) is 33.7 Å². The highest BCUT2D eigenvalue weighted by molar-refractivity contribution is 5.99. The number of urea groups is 1. The molecule has 32 heavy (non-hydrogen) atoms. The number of nitrogens with one attached hydrogen (secondary N) is 4. The van der Waals surface area contributed by atoms with E-state index in [1.54, 1.807) is 0 Å². The fraction of sp³-hybridized carbons (Fsp3) is 0.160. The van der Waals surface area contributed by atoms with Crippen LogP contribution in [-0.2, 0) is 17.8 Å². The molecular formula is C25H25N5O2. The number of benzene rings is 3. The molecule has 0 aliphatic heterocycles. The Morgan fingerprint density at radius 2 is 1.66 bits per heavy atom. The van der Waals surface area contributed by atoms with Crippen molar-refractivity contribution in [1.29, 1.82) is 0 Å². The summed E-state index contributed by atoms with van der Waals surface area (Å²) in [4.78, 5) is 32.2. The first kappa shape index (κ1) is 21.1. The van der Waals surface area contributed by atoms with Crippen molar-refractivity contribution in [3.63, 3.8) is 0 Å². The Bertz CT molecular complexity index is 1210. The molecule has 0 spiro atoms. The van der Waals surface area contributed by atoms with Crippen LogP contribution in [0.4, 0.5) is 16.2 Å². The lowest BCUT2D eigenvalue weighted by atomic mass is 10.2.